The fourth-order valence-electron chi connectivity index (χ4n) is 4.07. The maximum Gasteiger partial charge on any atom is 0.335 e. The summed E-state index contributed by atoms with van der Waals surface area (Å²) in [6, 6.07) is 3.14. The second-order valence-electron chi connectivity index (χ2n) is 8.53. The Morgan fingerprint density at radius 1 is 1.05 bits per heavy atom. The van der Waals surface area contributed by atoms with Crippen molar-refractivity contribution in [2.24, 2.45) is 5.41 Å². The molecular weight excluding hydrogens is 549 g/mol. The van der Waals surface area contributed by atoms with Crippen molar-refractivity contribution in [2.75, 3.05) is 37.8 Å². The van der Waals surface area contributed by atoms with Crippen LogP contribution in [0.3, 0.4) is 0 Å². The van der Waals surface area contributed by atoms with Gasteiger partial charge in [0, 0.05) is 6.42 Å². The van der Waals surface area contributed by atoms with Gasteiger partial charge in [0.25, 0.3) is 0 Å². The molecule has 1 aromatic rings. The highest BCUT2D eigenvalue weighted by Crippen LogP contribution is 2.41. The van der Waals surface area contributed by atoms with Crippen LogP contribution in [-0.2, 0) is 48.1 Å². The number of carbonyl (C=O) groups excluding carboxylic acids is 3. The van der Waals surface area contributed by atoms with Crippen molar-refractivity contribution >= 4 is 45.2 Å². The van der Waals surface area contributed by atoms with Crippen molar-refractivity contribution in [3.05, 3.63) is 40.7 Å². The number of halogens is 2. The summed E-state index contributed by atoms with van der Waals surface area (Å²) < 4.78 is 69.1. The summed E-state index contributed by atoms with van der Waals surface area (Å²) in [6.07, 6.45) is 0.968. The normalized spacial score (nSPS) is 20.2. The molecule has 3 rings (SSSR count). The Balaban J connectivity index is 1.93. The highest BCUT2D eigenvalue weighted by atomic mass is 35.5. The van der Waals surface area contributed by atoms with Gasteiger partial charge in [0.1, 0.15) is 11.1 Å². The summed E-state index contributed by atoms with van der Waals surface area (Å²) in [7, 11) is -4.29. The number of anilines is 1. The van der Waals surface area contributed by atoms with Crippen LogP contribution < -0.4 is 4.72 Å². The van der Waals surface area contributed by atoms with Gasteiger partial charge in [-0.25, -0.2) is 17.6 Å². The van der Waals surface area contributed by atoms with Crippen LogP contribution in [0.1, 0.15) is 33.6 Å². The standard InChI is InChI=1S/C24H29ClFNO10S/c1-4-33-20(28)16-12-24(36-13-23(14-37-24,21(29)34-5-2)22(30)35-6-3)10-9-19(16)38(31,32)27-18-8-7-15(26)11-17(18)25/h7-8,11-12,19,27H,4-6,9-10,13-14H2,1-3H3. The van der Waals surface area contributed by atoms with E-state index >= 15 is 0 Å². The zero-order valence-electron chi connectivity index (χ0n) is 21.1. The Labute approximate surface area is 224 Å². The van der Waals surface area contributed by atoms with Gasteiger partial charge in [-0.05, 0) is 51.5 Å². The fraction of sp³-hybridized carbons (Fsp3) is 0.542. The molecular formula is C24H29ClFNO10S. The lowest BCUT2D eigenvalue weighted by atomic mass is 9.86. The Kier molecular flexibility index (Phi) is 9.39. The number of esters is 3. The third-order valence-electron chi connectivity index (χ3n) is 6.00. The van der Waals surface area contributed by atoms with Crippen molar-refractivity contribution in [3.8, 4) is 0 Å². The predicted octanol–water partition coefficient (Wildman–Crippen LogP) is 2.73. The lowest BCUT2D eigenvalue weighted by Gasteiger charge is -2.44. The fourth-order valence-corrected chi connectivity index (χ4v) is 5.90. The minimum atomic E-state index is -4.29. The molecule has 1 fully saturated rings. The Hall–Kier alpha value is -2.74. The Bertz CT molecular complexity index is 1190. The average molecular weight is 578 g/mol. The zero-order chi connectivity index (χ0) is 28.1. The van der Waals surface area contributed by atoms with Gasteiger partial charge in [-0.15, -0.1) is 0 Å². The van der Waals surface area contributed by atoms with Gasteiger partial charge >= 0.3 is 17.9 Å². The molecule has 1 aliphatic heterocycles. The van der Waals surface area contributed by atoms with E-state index in [1.54, 1.807) is 20.8 Å². The average Bonchev–Trinajstić information content (AvgIpc) is 2.86. The summed E-state index contributed by atoms with van der Waals surface area (Å²) in [5.41, 5.74) is -2.24. The minimum absolute atomic E-state index is 0.00263. The van der Waals surface area contributed by atoms with E-state index in [1.165, 1.54) is 6.08 Å². The van der Waals surface area contributed by atoms with Crippen molar-refractivity contribution in [2.45, 2.75) is 44.6 Å². The van der Waals surface area contributed by atoms with Crippen LogP contribution in [0.5, 0.6) is 0 Å². The van der Waals surface area contributed by atoms with Crippen LogP contribution in [0.2, 0.25) is 5.02 Å². The summed E-state index contributed by atoms with van der Waals surface area (Å²) in [6.45, 7) is 3.70. The number of hydrogen-bond donors (Lipinski definition) is 1. The van der Waals surface area contributed by atoms with Gasteiger partial charge in [0.15, 0.2) is 5.79 Å². The van der Waals surface area contributed by atoms with Crippen LogP contribution in [0.15, 0.2) is 29.8 Å². The molecule has 210 valence electrons. The van der Waals surface area contributed by atoms with E-state index in [1.807, 2.05) is 0 Å². The van der Waals surface area contributed by atoms with E-state index in [-0.39, 0.29) is 48.9 Å². The molecule has 1 aliphatic carbocycles. The first-order valence-corrected chi connectivity index (χ1v) is 13.8. The maximum atomic E-state index is 13.4. The van der Waals surface area contributed by atoms with Gasteiger partial charge in [-0.2, -0.15) is 0 Å². The minimum Gasteiger partial charge on any atom is -0.465 e. The summed E-state index contributed by atoms with van der Waals surface area (Å²) in [4.78, 5) is 38.2. The molecule has 0 radical (unpaired) electrons. The molecule has 0 aromatic heterocycles. The van der Waals surface area contributed by atoms with Gasteiger partial charge < -0.3 is 23.7 Å². The quantitative estimate of drug-likeness (QED) is 0.264. The Morgan fingerprint density at radius 3 is 2.16 bits per heavy atom. The number of carbonyl (C=O) groups is 3. The maximum absolute atomic E-state index is 13.4. The smallest absolute Gasteiger partial charge is 0.335 e. The molecule has 0 amide bonds. The van der Waals surface area contributed by atoms with Gasteiger partial charge in [0.05, 0.1) is 49.3 Å². The zero-order valence-corrected chi connectivity index (χ0v) is 22.7. The van der Waals surface area contributed by atoms with Crippen LogP contribution in [0, 0.1) is 11.2 Å². The highest BCUT2D eigenvalue weighted by molar-refractivity contribution is 7.93. The monoisotopic (exact) mass is 577 g/mol. The molecule has 38 heavy (non-hydrogen) atoms. The number of ether oxygens (including phenoxy) is 5. The second kappa shape index (κ2) is 12.0. The molecule has 1 atom stereocenters. The van der Waals surface area contributed by atoms with E-state index in [9.17, 15) is 27.2 Å². The highest BCUT2D eigenvalue weighted by Gasteiger charge is 2.57. The number of hydrogen-bond acceptors (Lipinski definition) is 10. The van der Waals surface area contributed by atoms with E-state index < -0.39 is 63.4 Å². The van der Waals surface area contributed by atoms with Crippen molar-refractivity contribution in [1.29, 1.82) is 0 Å². The number of nitrogens with one attached hydrogen (secondary N) is 1. The topological polar surface area (TPSA) is 144 Å². The largest absolute Gasteiger partial charge is 0.465 e. The lowest BCUT2D eigenvalue weighted by Crippen LogP contribution is -2.58. The third kappa shape index (κ3) is 6.11. The van der Waals surface area contributed by atoms with Crippen molar-refractivity contribution < 1.29 is 50.9 Å². The van der Waals surface area contributed by atoms with Crippen molar-refractivity contribution in [1.82, 2.24) is 0 Å². The van der Waals surface area contributed by atoms with Crippen LogP contribution >= 0.6 is 11.6 Å². The molecule has 14 heteroatoms. The molecule has 1 spiro atoms. The Morgan fingerprint density at radius 2 is 1.63 bits per heavy atom. The lowest BCUT2D eigenvalue weighted by molar-refractivity contribution is -0.281. The SMILES string of the molecule is CCOC(=O)C1=CC2(CCC1S(=O)(=O)Nc1ccc(F)cc1Cl)OCC(C(=O)OCC)(C(=O)OCC)CO2. The van der Waals surface area contributed by atoms with Crippen LogP contribution in [-0.4, -0.2) is 70.4 Å². The molecule has 0 bridgehead atoms. The second-order valence-corrected chi connectivity index (χ2v) is 10.8. The van der Waals surface area contributed by atoms with Crippen molar-refractivity contribution in [3.63, 3.8) is 0 Å². The summed E-state index contributed by atoms with van der Waals surface area (Å²) in [5.74, 6) is -4.98. The molecule has 11 nitrogen and oxygen atoms in total. The molecule has 2 aliphatic rings. The first kappa shape index (κ1) is 29.8. The first-order chi connectivity index (χ1) is 17.9. The van der Waals surface area contributed by atoms with E-state index in [0.717, 1.165) is 18.2 Å². The third-order valence-corrected chi connectivity index (χ3v) is 8.06. The number of sulfonamides is 1. The predicted molar refractivity (Wildman–Crippen MR) is 132 cm³/mol. The van der Waals surface area contributed by atoms with Gasteiger partial charge in [-0.1, -0.05) is 11.6 Å². The molecule has 1 unspecified atom stereocenters. The molecule has 1 heterocycles. The van der Waals surface area contributed by atoms with E-state index in [4.69, 9.17) is 35.3 Å². The van der Waals surface area contributed by atoms with Crippen LogP contribution in [0.25, 0.3) is 0 Å². The number of benzene rings is 1. The van der Waals surface area contributed by atoms with E-state index in [2.05, 4.69) is 4.72 Å². The number of rotatable bonds is 9. The van der Waals surface area contributed by atoms with Gasteiger partial charge in [0.2, 0.25) is 15.4 Å². The molecule has 1 aromatic carbocycles. The molecule has 1 N–H and O–H groups in total. The first-order valence-electron chi connectivity index (χ1n) is 11.9. The van der Waals surface area contributed by atoms with E-state index in [0.29, 0.717) is 0 Å². The van der Waals surface area contributed by atoms with Crippen LogP contribution in [0.4, 0.5) is 10.1 Å². The summed E-state index contributed by atoms with van der Waals surface area (Å²) in [5, 5.41) is -1.57. The molecule has 1 saturated heterocycles. The summed E-state index contributed by atoms with van der Waals surface area (Å²) >= 11 is 5.97. The molecule has 0 saturated carbocycles. The van der Waals surface area contributed by atoms with Gasteiger partial charge in [-0.3, -0.25) is 14.3 Å².